The molecule has 0 fully saturated rings. The Morgan fingerprint density at radius 3 is 3.09 bits per heavy atom. The van der Waals surface area contributed by atoms with Crippen molar-refractivity contribution in [3.63, 3.8) is 0 Å². The van der Waals surface area contributed by atoms with Crippen LogP contribution in [0.2, 0.25) is 0 Å². The van der Waals surface area contributed by atoms with Crippen molar-refractivity contribution in [2.24, 2.45) is 0 Å². The fourth-order valence-corrected chi connectivity index (χ4v) is 1.50. The van der Waals surface area contributed by atoms with Gasteiger partial charge in [0.15, 0.2) is 5.90 Å². The molecule has 1 heterocycles. The highest BCUT2D eigenvalue weighted by Crippen LogP contribution is 2.09. The normalized spacial score (nSPS) is 9.55. The molecule has 0 bridgehead atoms. The summed E-state index contributed by atoms with van der Waals surface area (Å²) in [6.07, 6.45) is 0.630. The second-order valence-corrected chi connectivity index (χ2v) is 3.14. The highest BCUT2D eigenvalue weighted by Gasteiger charge is 1.99. The van der Waals surface area contributed by atoms with Crippen LogP contribution in [0.5, 0.6) is 0 Å². The van der Waals surface area contributed by atoms with Gasteiger partial charge >= 0.3 is 0 Å². The first-order valence-corrected chi connectivity index (χ1v) is 4.43. The standard InChI is InChI=1S/C8H11NOS/c1-2-10-8(9)6-7-4-3-5-11-7/h3-5,9H,2,6H2,1H3. The molecule has 1 rings (SSSR count). The summed E-state index contributed by atoms with van der Waals surface area (Å²) in [5.41, 5.74) is 0. The Labute approximate surface area is 70.3 Å². The topological polar surface area (TPSA) is 33.1 Å². The highest BCUT2D eigenvalue weighted by molar-refractivity contribution is 7.10. The Morgan fingerprint density at radius 2 is 2.55 bits per heavy atom. The van der Waals surface area contributed by atoms with Crippen LogP contribution in [0.4, 0.5) is 0 Å². The van der Waals surface area contributed by atoms with Gasteiger partial charge in [0.1, 0.15) is 0 Å². The predicted octanol–water partition coefficient (Wildman–Crippen LogP) is 2.30. The molecule has 11 heavy (non-hydrogen) atoms. The first-order chi connectivity index (χ1) is 5.33. The van der Waals surface area contributed by atoms with Gasteiger partial charge in [-0.1, -0.05) is 6.07 Å². The van der Waals surface area contributed by atoms with Crippen molar-refractivity contribution in [3.05, 3.63) is 22.4 Å². The van der Waals surface area contributed by atoms with Gasteiger partial charge < -0.3 is 4.74 Å². The van der Waals surface area contributed by atoms with Crippen LogP contribution in [-0.4, -0.2) is 12.5 Å². The van der Waals surface area contributed by atoms with Gasteiger partial charge in [-0.25, -0.2) is 0 Å². The molecule has 1 N–H and O–H groups in total. The lowest BCUT2D eigenvalue weighted by atomic mass is 10.3. The molecule has 3 heteroatoms. The Morgan fingerprint density at radius 1 is 1.73 bits per heavy atom. The van der Waals surface area contributed by atoms with E-state index in [1.165, 1.54) is 4.88 Å². The lowest BCUT2D eigenvalue weighted by Crippen LogP contribution is -2.04. The predicted molar refractivity (Wildman–Crippen MR) is 47.4 cm³/mol. The molecule has 1 aromatic heterocycles. The lowest BCUT2D eigenvalue weighted by molar-refractivity contribution is 0.317. The number of thiophene rings is 1. The Balaban J connectivity index is 2.37. The van der Waals surface area contributed by atoms with Gasteiger partial charge in [0.05, 0.1) is 13.0 Å². The van der Waals surface area contributed by atoms with E-state index in [4.69, 9.17) is 10.1 Å². The number of nitrogens with one attached hydrogen (secondary N) is 1. The summed E-state index contributed by atoms with van der Waals surface area (Å²) in [7, 11) is 0. The summed E-state index contributed by atoms with van der Waals surface area (Å²) >= 11 is 1.66. The molecule has 0 aromatic carbocycles. The maximum absolute atomic E-state index is 7.35. The number of rotatable bonds is 3. The fourth-order valence-electron chi connectivity index (χ4n) is 0.797. The molecule has 0 aliphatic carbocycles. The van der Waals surface area contributed by atoms with E-state index >= 15 is 0 Å². The minimum absolute atomic E-state index is 0.356. The fraction of sp³-hybridized carbons (Fsp3) is 0.375. The van der Waals surface area contributed by atoms with Crippen molar-refractivity contribution in [1.82, 2.24) is 0 Å². The molecular formula is C8H11NOS. The van der Waals surface area contributed by atoms with E-state index in [0.29, 0.717) is 18.9 Å². The molecule has 2 nitrogen and oxygen atoms in total. The molecule has 0 unspecified atom stereocenters. The second-order valence-electron chi connectivity index (χ2n) is 2.11. The highest BCUT2D eigenvalue weighted by atomic mass is 32.1. The first-order valence-electron chi connectivity index (χ1n) is 3.55. The summed E-state index contributed by atoms with van der Waals surface area (Å²) in [5.74, 6) is 0.356. The molecule has 0 aliphatic rings. The molecule has 0 spiro atoms. The molecule has 0 amide bonds. The Kier molecular flexibility index (Phi) is 3.11. The maximum Gasteiger partial charge on any atom is 0.185 e. The van der Waals surface area contributed by atoms with Crippen LogP contribution in [0, 0.1) is 5.41 Å². The molecule has 0 saturated carbocycles. The van der Waals surface area contributed by atoms with E-state index in [1.54, 1.807) is 11.3 Å². The molecule has 60 valence electrons. The number of ether oxygens (including phenoxy) is 1. The van der Waals surface area contributed by atoms with Gasteiger partial charge in [0, 0.05) is 4.88 Å². The SMILES string of the molecule is CCOC(=N)Cc1cccs1. The van der Waals surface area contributed by atoms with Crippen molar-refractivity contribution in [2.45, 2.75) is 13.3 Å². The van der Waals surface area contributed by atoms with E-state index in [1.807, 2.05) is 24.4 Å². The summed E-state index contributed by atoms with van der Waals surface area (Å²) in [6, 6.07) is 4.00. The Hall–Kier alpha value is -0.830. The maximum atomic E-state index is 7.35. The zero-order valence-corrected chi connectivity index (χ0v) is 7.28. The largest absolute Gasteiger partial charge is 0.481 e. The summed E-state index contributed by atoms with van der Waals surface area (Å²) in [6.45, 7) is 2.48. The number of hydrogen-bond acceptors (Lipinski definition) is 3. The first kappa shape index (κ1) is 8.27. The van der Waals surface area contributed by atoms with E-state index in [-0.39, 0.29) is 0 Å². The average Bonchev–Trinajstić information content (AvgIpc) is 2.40. The monoisotopic (exact) mass is 169 g/mol. The summed E-state index contributed by atoms with van der Waals surface area (Å²) < 4.78 is 5.01. The van der Waals surface area contributed by atoms with Crippen LogP contribution < -0.4 is 0 Å². The van der Waals surface area contributed by atoms with Crippen molar-refractivity contribution in [2.75, 3.05) is 6.61 Å². The van der Waals surface area contributed by atoms with Crippen molar-refractivity contribution < 1.29 is 4.74 Å². The molecule has 0 radical (unpaired) electrons. The third-order valence-corrected chi connectivity index (χ3v) is 2.11. The van der Waals surface area contributed by atoms with E-state index in [2.05, 4.69) is 0 Å². The van der Waals surface area contributed by atoms with E-state index < -0.39 is 0 Å². The lowest BCUT2D eigenvalue weighted by Gasteiger charge is -2.01. The summed E-state index contributed by atoms with van der Waals surface area (Å²) in [5, 5.41) is 9.36. The van der Waals surface area contributed by atoms with Gasteiger partial charge in [-0.15, -0.1) is 11.3 Å². The smallest absolute Gasteiger partial charge is 0.185 e. The van der Waals surface area contributed by atoms with Crippen molar-refractivity contribution in [1.29, 1.82) is 5.41 Å². The average molecular weight is 169 g/mol. The van der Waals surface area contributed by atoms with Crippen molar-refractivity contribution in [3.8, 4) is 0 Å². The van der Waals surface area contributed by atoms with Crippen LogP contribution in [0.25, 0.3) is 0 Å². The molecular weight excluding hydrogens is 158 g/mol. The molecule has 0 atom stereocenters. The number of hydrogen-bond donors (Lipinski definition) is 1. The van der Waals surface area contributed by atoms with Gasteiger partial charge in [-0.3, -0.25) is 5.41 Å². The van der Waals surface area contributed by atoms with Crippen molar-refractivity contribution >= 4 is 17.2 Å². The van der Waals surface area contributed by atoms with Gasteiger partial charge in [0.25, 0.3) is 0 Å². The minimum Gasteiger partial charge on any atom is -0.481 e. The second kappa shape index (κ2) is 4.13. The van der Waals surface area contributed by atoms with Crippen LogP contribution in [0.15, 0.2) is 17.5 Å². The molecule has 1 aromatic rings. The molecule has 0 saturated heterocycles. The van der Waals surface area contributed by atoms with Gasteiger partial charge in [-0.2, -0.15) is 0 Å². The Bertz CT molecular complexity index is 218. The third kappa shape index (κ3) is 2.72. The van der Waals surface area contributed by atoms with Crippen LogP contribution in [0.1, 0.15) is 11.8 Å². The van der Waals surface area contributed by atoms with Crippen LogP contribution >= 0.6 is 11.3 Å². The quantitative estimate of drug-likeness (QED) is 0.546. The van der Waals surface area contributed by atoms with Gasteiger partial charge in [-0.05, 0) is 18.4 Å². The third-order valence-electron chi connectivity index (χ3n) is 1.23. The van der Waals surface area contributed by atoms with Crippen LogP contribution in [0.3, 0.4) is 0 Å². The minimum atomic E-state index is 0.356. The molecule has 0 aliphatic heterocycles. The van der Waals surface area contributed by atoms with E-state index in [9.17, 15) is 0 Å². The zero-order chi connectivity index (χ0) is 8.10. The zero-order valence-electron chi connectivity index (χ0n) is 6.46. The van der Waals surface area contributed by atoms with Crippen LogP contribution in [-0.2, 0) is 11.2 Å². The summed E-state index contributed by atoms with van der Waals surface area (Å²) in [4.78, 5) is 1.18. The van der Waals surface area contributed by atoms with Gasteiger partial charge in [0.2, 0.25) is 0 Å². The van der Waals surface area contributed by atoms with E-state index in [0.717, 1.165) is 0 Å².